The second-order valence-corrected chi connectivity index (χ2v) is 12.6. The number of rotatable bonds is 6. The molecule has 0 fully saturated rings. The smallest absolute Gasteiger partial charge is 0.283 e. The van der Waals surface area contributed by atoms with Crippen molar-refractivity contribution in [3.63, 3.8) is 0 Å². The quantitative estimate of drug-likeness (QED) is 0.283. The molecule has 9 nitrogen and oxygen atoms in total. The van der Waals surface area contributed by atoms with Crippen LogP contribution < -0.4 is 16.2 Å². The number of nitrogens with one attached hydrogen (secondary N) is 2. The summed E-state index contributed by atoms with van der Waals surface area (Å²) in [5.74, 6) is -1.14. The van der Waals surface area contributed by atoms with Gasteiger partial charge >= 0.3 is 0 Å². The number of aromatic nitrogens is 4. The first-order valence-corrected chi connectivity index (χ1v) is 12.9. The van der Waals surface area contributed by atoms with Gasteiger partial charge in [-0.2, -0.15) is 0 Å². The van der Waals surface area contributed by atoms with Crippen LogP contribution in [0.25, 0.3) is 11.2 Å². The lowest BCUT2D eigenvalue weighted by Crippen LogP contribution is -2.45. The maximum absolute atomic E-state index is 13.4. The fraction of sp³-hybridized carbons (Fsp3) is 0.174. The number of hydrogen-bond acceptors (Lipinski definition) is 5. The molecule has 0 bridgehead atoms. The minimum atomic E-state index is -2.16. The summed E-state index contributed by atoms with van der Waals surface area (Å²) in [5.41, 5.74) is -0.415. The van der Waals surface area contributed by atoms with Gasteiger partial charge in [-0.3, -0.25) is 23.5 Å². The van der Waals surface area contributed by atoms with Gasteiger partial charge in [0.25, 0.3) is 17.4 Å². The minimum absolute atomic E-state index is 0.0339. The number of alkyl halides is 6. The molecule has 4 rings (SSSR count). The number of amides is 2. The first-order chi connectivity index (χ1) is 17.9. The van der Waals surface area contributed by atoms with E-state index in [0.717, 1.165) is 10.9 Å². The molecule has 0 saturated carbocycles. The number of carbonyl (C=O) groups is 2. The van der Waals surface area contributed by atoms with Gasteiger partial charge < -0.3 is 10.6 Å². The van der Waals surface area contributed by atoms with Crippen LogP contribution in [0.3, 0.4) is 0 Å². The summed E-state index contributed by atoms with van der Waals surface area (Å²) in [5, 5.41) is 5.14. The molecule has 2 atom stereocenters. The monoisotopic (exact) mass is 634 g/mol. The summed E-state index contributed by atoms with van der Waals surface area (Å²) in [6.45, 7) is 0. The van der Waals surface area contributed by atoms with Crippen molar-refractivity contribution < 1.29 is 9.59 Å². The van der Waals surface area contributed by atoms with Gasteiger partial charge in [-0.1, -0.05) is 106 Å². The normalized spacial score (nSPS) is 13.6. The average Bonchev–Trinajstić information content (AvgIpc) is 3.30. The van der Waals surface area contributed by atoms with E-state index in [0.29, 0.717) is 5.56 Å². The number of hydrogen-bond donors (Lipinski definition) is 2. The molecule has 2 unspecified atom stereocenters. The number of halogens is 6. The third-order valence-electron chi connectivity index (χ3n) is 5.29. The first kappa shape index (κ1) is 28.5. The van der Waals surface area contributed by atoms with Gasteiger partial charge in [-0.25, -0.2) is 9.97 Å². The van der Waals surface area contributed by atoms with Crippen molar-refractivity contribution in [3.05, 3.63) is 94.8 Å². The summed E-state index contributed by atoms with van der Waals surface area (Å²) in [7, 11) is 0. The predicted molar refractivity (Wildman–Crippen MR) is 148 cm³/mol. The van der Waals surface area contributed by atoms with Crippen LogP contribution in [0, 0.1) is 0 Å². The van der Waals surface area contributed by atoms with E-state index in [1.807, 2.05) is 0 Å². The highest BCUT2D eigenvalue weighted by atomic mass is 35.6. The Morgan fingerprint density at radius 2 is 1.11 bits per heavy atom. The van der Waals surface area contributed by atoms with Crippen LogP contribution in [0.4, 0.5) is 0 Å². The van der Waals surface area contributed by atoms with E-state index in [9.17, 15) is 14.4 Å². The fourth-order valence-corrected chi connectivity index (χ4v) is 4.47. The van der Waals surface area contributed by atoms with E-state index in [2.05, 4.69) is 20.6 Å². The molecule has 2 aromatic carbocycles. The number of nitrogens with zero attached hydrogens (tertiary/aromatic N) is 4. The van der Waals surface area contributed by atoms with Crippen molar-refractivity contribution in [1.29, 1.82) is 0 Å². The van der Waals surface area contributed by atoms with Crippen LogP contribution in [-0.2, 0) is 0 Å². The summed E-state index contributed by atoms with van der Waals surface area (Å²) in [6.07, 6.45) is -0.547. The molecular formula is C23H16Cl6N6O3. The Morgan fingerprint density at radius 1 is 0.684 bits per heavy atom. The van der Waals surface area contributed by atoms with Crippen molar-refractivity contribution in [2.45, 2.75) is 19.9 Å². The minimum Gasteiger partial charge on any atom is -0.328 e. The van der Waals surface area contributed by atoms with Gasteiger partial charge in [-0.15, -0.1) is 0 Å². The van der Waals surface area contributed by atoms with Crippen LogP contribution in [0.15, 0.2) is 78.1 Å². The van der Waals surface area contributed by atoms with Gasteiger partial charge in [0.15, 0.2) is 23.5 Å². The van der Waals surface area contributed by atoms with E-state index in [4.69, 9.17) is 69.6 Å². The molecule has 0 saturated heterocycles. The van der Waals surface area contributed by atoms with Gasteiger partial charge in [0.1, 0.15) is 6.33 Å². The number of benzene rings is 2. The standard InChI is InChI=1S/C23H16Cl6N6O3/c24-22(25,26)20(32-17(36)13-7-3-1-4-8-13)34-11-30-15-16(34)31-12-35(19(15)38)21(23(27,28)29)33-18(37)14-9-5-2-6-10-14/h1-12,20-21H,(H,32,36)(H,33,37). The molecule has 0 aliphatic heterocycles. The number of fused-ring (bicyclic) bond motifs is 1. The highest BCUT2D eigenvalue weighted by molar-refractivity contribution is 6.68. The Labute approximate surface area is 245 Å². The lowest BCUT2D eigenvalue weighted by molar-refractivity contribution is 0.0912. The number of imidazole rings is 1. The summed E-state index contributed by atoms with van der Waals surface area (Å²) < 4.78 is -2.09. The average molecular weight is 637 g/mol. The molecule has 2 aromatic heterocycles. The summed E-state index contributed by atoms with van der Waals surface area (Å²) in [4.78, 5) is 47.3. The summed E-state index contributed by atoms with van der Waals surface area (Å²) >= 11 is 36.9. The first-order valence-electron chi connectivity index (χ1n) is 10.7. The van der Waals surface area contributed by atoms with E-state index in [1.54, 1.807) is 60.7 Å². The maximum atomic E-state index is 13.4. The van der Waals surface area contributed by atoms with Gasteiger partial charge in [0.2, 0.25) is 7.59 Å². The Hall–Kier alpha value is -2.53. The molecule has 4 aromatic rings. The van der Waals surface area contributed by atoms with Crippen molar-refractivity contribution in [2.24, 2.45) is 0 Å². The maximum Gasteiger partial charge on any atom is 0.283 e. The van der Waals surface area contributed by atoms with E-state index in [1.165, 1.54) is 10.9 Å². The van der Waals surface area contributed by atoms with E-state index < -0.39 is 37.3 Å². The van der Waals surface area contributed by atoms with Gasteiger partial charge in [0, 0.05) is 11.1 Å². The predicted octanol–water partition coefficient (Wildman–Crippen LogP) is 5.19. The highest BCUT2D eigenvalue weighted by Crippen LogP contribution is 2.39. The van der Waals surface area contributed by atoms with Crippen LogP contribution in [0.5, 0.6) is 0 Å². The van der Waals surface area contributed by atoms with E-state index in [-0.39, 0.29) is 16.7 Å². The zero-order valence-corrected chi connectivity index (χ0v) is 23.4. The second kappa shape index (κ2) is 11.3. The lowest BCUT2D eigenvalue weighted by Gasteiger charge is -2.28. The van der Waals surface area contributed by atoms with Gasteiger partial charge in [0.05, 0.1) is 6.33 Å². The molecule has 0 aliphatic carbocycles. The molecular weight excluding hydrogens is 621 g/mol. The van der Waals surface area contributed by atoms with Crippen molar-refractivity contribution in [1.82, 2.24) is 29.7 Å². The Morgan fingerprint density at radius 3 is 1.55 bits per heavy atom. The SMILES string of the molecule is O=C(NC(n1cnc2c(ncn2C(NC(=O)c2ccccc2)C(Cl)(Cl)Cl)c1=O)C(Cl)(Cl)Cl)c1ccccc1. The van der Waals surface area contributed by atoms with E-state index >= 15 is 0 Å². The van der Waals surface area contributed by atoms with Crippen LogP contribution in [-0.4, -0.2) is 38.5 Å². The molecule has 2 heterocycles. The Bertz CT molecular complexity index is 1520. The Balaban J connectivity index is 1.73. The zero-order chi connectivity index (χ0) is 27.7. The largest absolute Gasteiger partial charge is 0.328 e. The van der Waals surface area contributed by atoms with Crippen molar-refractivity contribution >= 4 is 92.6 Å². The molecule has 0 spiro atoms. The molecule has 0 radical (unpaired) electrons. The van der Waals surface area contributed by atoms with Crippen LogP contribution >= 0.6 is 69.6 Å². The molecule has 15 heteroatoms. The fourth-order valence-electron chi connectivity index (χ4n) is 3.51. The molecule has 0 aliphatic rings. The van der Waals surface area contributed by atoms with Gasteiger partial charge in [-0.05, 0) is 24.3 Å². The number of carbonyl (C=O) groups excluding carboxylic acids is 2. The molecule has 2 N–H and O–H groups in total. The third kappa shape index (κ3) is 6.20. The lowest BCUT2D eigenvalue weighted by atomic mass is 10.2. The van der Waals surface area contributed by atoms with Crippen LogP contribution in [0.1, 0.15) is 33.0 Å². The van der Waals surface area contributed by atoms with Crippen molar-refractivity contribution in [3.8, 4) is 0 Å². The highest BCUT2D eigenvalue weighted by Gasteiger charge is 2.39. The molecule has 198 valence electrons. The molecule has 2 amide bonds. The molecule has 38 heavy (non-hydrogen) atoms. The zero-order valence-electron chi connectivity index (χ0n) is 18.9. The Kier molecular flexibility index (Phi) is 8.46. The summed E-state index contributed by atoms with van der Waals surface area (Å²) in [6, 6.07) is 16.4. The van der Waals surface area contributed by atoms with Crippen LogP contribution in [0.2, 0.25) is 0 Å². The second-order valence-electron chi connectivity index (χ2n) is 7.85. The third-order valence-corrected chi connectivity index (χ3v) is 6.53. The topological polar surface area (TPSA) is 111 Å². The van der Waals surface area contributed by atoms with Crippen molar-refractivity contribution in [2.75, 3.05) is 0 Å².